The van der Waals surface area contributed by atoms with E-state index in [0.29, 0.717) is 11.3 Å². The molecule has 0 heterocycles. The molecule has 0 amide bonds. The van der Waals surface area contributed by atoms with Crippen LogP contribution in [0.4, 0.5) is 4.39 Å². The molecule has 0 spiro atoms. The van der Waals surface area contributed by atoms with E-state index in [0.717, 1.165) is 12.1 Å². The van der Waals surface area contributed by atoms with E-state index in [9.17, 15) is 9.18 Å². The van der Waals surface area contributed by atoms with Crippen LogP contribution >= 0.6 is 23.2 Å². The highest BCUT2D eigenvalue weighted by atomic mass is 35.5. The van der Waals surface area contributed by atoms with E-state index in [4.69, 9.17) is 33.0 Å². The third-order valence-corrected chi connectivity index (χ3v) is 3.35. The lowest BCUT2D eigenvalue weighted by atomic mass is 9.99. The minimum Gasteiger partial charge on any atom is -0.495 e. The Kier molecular flexibility index (Phi) is 4.16. The summed E-state index contributed by atoms with van der Waals surface area (Å²) >= 11 is 12.1. The van der Waals surface area contributed by atoms with E-state index in [1.165, 1.54) is 25.3 Å². The van der Waals surface area contributed by atoms with Crippen molar-refractivity contribution in [3.63, 3.8) is 0 Å². The second-order valence-electron chi connectivity index (χ2n) is 3.96. The van der Waals surface area contributed by atoms with Gasteiger partial charge in [0.2, 0.25) is 0 Å². The second-order valence-corrected chi connectivity index (χ2v) is 4.78. The van der Waals surface area contributed by atoms with Gasteiger partial charge in [-0.15, -0.1) is 0 Å². The van der Waals surface area contributed by atoms with Gasteiger partial charge in [0, 0.05) is 11.6 Å². The molecule has 2 aromatic carbocycles. The van der Waals surface area contributed by atoms with Gasteiger partial charge in [0.1, 0.15) is 11.6 Å². The van der Waals surface area contributed by atoms with Crippen LogP contribution in [0.5, 0.6) is 5.75 Å². The van der Waals surface area contributed by atoms with Crippen LogP contribution < -0.4 is 4.74 Å². The Morgan fingerprint density at radius 2 is 1.85 bits per heavy atom. The van der Waals surface area contributed by atoms with E-state index in [-0.39, 0.29) is 21.2 Å². The van der Waals surface area contributed by atoms with E-state index >= 15 is 0 Å². The fraction of sp³-hybridized carbons (Fsp3) is 0.0714. The van der Waals surface area contributed by atoms with Crippen LogP contribution in [-0.4, -0.2) is 18.2 Å². The number of benzene rings is 2. The Morgan fingerprint density at radius 1 is 1.15 bits per heavy atom. The molecule has 20 heavy (non-hydrogen) atoms. The molecule has 0 radical (unpaired) electrons. The summed E-state index contributed by atoms with van der Waals surface area (Å²) in [5.41, 5.74) is 0.497. The molecular weight excluding hydrogens is 306 g/mol. The summed E-state index contributed by atoms with van der Waals surface area (Å²) in [6, 6.07) is 6.42. The van der Waals surface area contributed by atoms with Crippen molar-refractivity contribution < 1.29 is 19.0 Å². The molecule has 0 saturated heterocycles. The van der Waals surface area contributed by atoms with Crippen LogP contribution in [0.15, 0.2) is 30.3 Å². The van der Waals surface area contributed by atoms with Gasteiger partial charge in [0.05, 0.1) is 22.7 Å². The first kappa shape index (κ1) is 14.6. The molecule has 0 atom stereocenters. The summed E-state index contributed by atoms with van der Waals surface area (Å²) in [6.07, 6.45) is 0. The van der Waals surface area contributed by atoms with E-state index in [2.05, 4.69) is 0 Å². The number of carboxylic acids is 1. The van der Waals surface area contributed by atoms with Crippen LogP contribution in [0, 0.1) is 5.82 Å². The second kappa shape index (κ2) is 5.69. The Morgan fingerprint density at radius 3 is 2.45 bits per heavy atom. The lowest BCUT2D eigenvalue weighted by Crippen LogP contribution is -2.01. The van der Waals surface area contributed by atoms with Crippen molar-refractivity contribution in [3.05, 3.63) is 51.8 Å². The third kappa shape index (κ3) is 2.71. The molecule has 0 aromatic heterocycles. The van der Waals surface area contributed by atoms with Crippen LogP contribution in [0.25, 0.3) is 11.1 Å². The highest BCUT2D eigenvalue weighted by Gasteiger charge is 2.17. The zero-order valence-corrected chi connectivity index (χ0v) is 11.8. The predicted octanol–water partition coefficient (Wildman–Crippen LogP) is 4.51. The van der Waals surface area contributed by atoms with Crippen molar-refractivity contribution in [2.45, 2.75) is 0 Å². The average Bonchev–Trinajstić information content (AvgIpc) is 2.41. The van der Waals surface area contributed by atoms with Gasteiger partial charge in [0.15, 0.2) is 0 Å². The first-order valence-electron chi connectivity index (χ1n) is 5.50. The molecule has 0 fully saturated rings. The Balaban J connectivity index is 2.69. The van der Waals surface area contributed by atoms with Crippen molar-refractivity contribution in [2.24, 2.45) is 0 Å². The monoisotopic (exact) mass is 314 g/mol. The summed E-state index contributed by atoms with van der Waals surface area (Å²) in [7, 11) is 1.44. The molecule has 1 N–H and O–H groups in total. The molecule has 104 valence electrons. The van der Waals surface area contributed by atoms with Crippen molar-refractivity contribution in [2.75, 3.05) is 7.11 Å². The third-order valence-electron chi connectivity index (χ3n) is 2.74. The summed E-state index contributed by atoms with van der Waals surface area (Å²) in [6.45, 7) is 0. The topological polar surface area (TPSA) is 46.5 Å². The smallest absolute Gasteiger partial charge is 0.336 e. The van der Waals surface area contributed by atoms with Gasteiger partial charge in [-0.1, -0.05) is 29.3 Å². The van der Waals surface area contributed by atoms with Crippen LogP contribution in [0.2, 0.25) is 10.0 Å². The highest BCUT2D eigenvalue weighted by molar-refractivity contribution is 6.36. The quantitative estimate of drug-likeness (QED) is 0.906. The Bertz CT molecular complexity index is 686. The van der Waals surface area contributed by atoms with Gasteiger partial charge < -0.3 is 9.84 Å². The maximum atomic E-state index is 13.2. The number of ether oxygens (including phenoxy) is 1. The van der Waals surface area contributed by atoms with E-state index < -0.39 is 11.8 Å². The van der Waals surface area contributed by atoms with Gasteiger partial charge in [-0.3, -0.25) is 0 Å². The molecule has 0 bridgehead atoms. The summed E-state index contributed by atoms with van der Waals surface area (Å²) in [4.78, 5) is 11.2. The maximum Gasteiger partial charge on any atom is 0.336 e. The molecule has 0 aliphatic heterocycles. The molecule has 2 aromatic rings. The standard InChI is InChI=1S/C14H9Cl2FO3/c1-20-13-6-11(15)9(5-12(13)16)8-3-2-7(17)4-10(8)14(18)19/h2-6H,1H3,(H,18,19). The van der Waals surface area contributed by atoms with E-state index in [1.54, 1.807) is 0 Å². The SMILES string of the molecule is COc1cc(Cl)c(-c2ccc(F)cc2C(=O)O)cc1Cl. The largest absolute Gasteiger partial charge is 0.495 e. The number of carboxylic acid groups (broad SMARTS) is 1. The first-order valence-corrected chi connectivity index (χ1v) is 6.26. The molecule has 0 aliphatic rings. The molecule has 6 heteroatoms. The lowest BCUT2D eigenvalue weighted by Gasteiger charge is -2.11. The van der Waals surface area contributed by atoms with Crippen molar-refractivity contribution in [1.29, 1.82) is 0 Å². The fourth-order valence-corrected chi connectivity index (χ4v) is 2.32. The minimum absolute atomic E-state index is 0.187. The van der Waals surface area contributed by atoms with Crippen molar-refractivity contribution in [3.8, 4) is 16.9 Å². The molecule has 0 unspecified atom stereocenters. The van der Waals surface area contributed by atoms with Crippen molar-refractivity contribution in [1.82, 2.24) is 0 Å². The van der Waals surface area contributed by atoms with Crippen LogP contribution in [0.1, 0.15) is 10.4 Å². The number of aromatic carboxylic acids is 1. The average molecular weight is 315 g/mol. The molecule has 0 saturated carbocycles. The Labute approximate surface area is 124 Å². The van der Waals surface area contributed by atoms with Gasteiger partial charge in [0.25, 0.3) is 0 Å². The zero-order valence-electron chi connectivity index (χ0n) is 10.3. The number of rotatable bonds is 3. The lowest BCUT2D eigenvalue weighted by molar-refractivity contribution is 0.0697. The fourth-order valence-electron chi connectivity index (χ4n) is 1.82. The molecular formula is C14H9Cl2FO3. The van der Waals surface area contributed by atoms with E-state index in [1.807, 2.05) is 0 Å². The summed E-state index contributed by atoms with van der Waals surface area (Å²) in [5.74, 6) is -1.51. The summed E-state index contributed by atoms with van der Waals surface area (Å²) in [5, 5.41) is 9.69. The predicted molar refractivity (Wildman–Crippen MR) is 75.4 cm³/mol. The molecule has 3 nitrogen and oxygen atoms in total. The van der Waals surface area contributed by atoms with Gasteiger partial charge in [-0.2, -0.15) is 0 Å². The zero-order chi connectivity index (χ0) is 14.9. The number of hydrogen-bond donors (Lipinski definition) is 1. The maximum absolute atomic E-state index is 13.2. The van der Waals surface area contributed by atoms with Gasteiger partial charge in [-0.05, 0) is 23.8 Å². The normalized spacial score (nSPS) is 10.4. The van der Waals surface area contributed by atoms with Gasteiger partial charge in [-0.25, -0.2) is 9.18 Å². The van der Waals surface area contributed by atoms with Crippen LogP contribution in [0.3, 0.4) is 0 Å². The minimum atomic E-state index is -1.25. The van der Waals surface area contributed by atoms with Gasteiger partial charge >= 0.3 is 5.97 Å². The summed E-state index contributed by atoms with van der Waals surface area (Å²) < 4.78 is 18.2. The molecule has 0 aliphatic carbocycles. The van der Waals surface area contributed by atoms with Crippen molar-refractivity contribution >= 4 is 29.2 Å². The number of carbonyl (C=O) groups is 1. The Hall–Kier alpha value is -1.78. The number of methoxy groups -OCH3 is 1. The number of halogens is 3. The first-order chi connectivity index (χ1) is 9.43. The highest BCUT2D eigenvalue weighted by Crippen LogP contribution is 2.38. The van der Waals surface area contributed by atoms with Crippen LogP contribution in [-0.2, 0) is 0 Å². The number of hydrogen-bond acceptors (Lipinski definition) is 2. The molecule has 2 rings (SSSR count).